The monoisotopic (exact) mass is 388 g/mol. The first kappa shape index (κ1) is 18.8. The third kappa shape index (κ3) is 4.60. The number of ether oxygens (including phenoxy) is 1. The van der Waals surface area contributed by atoms with Crippen LogP contribution in [-0.4, -0.2) is 48.1 Å². The van der Waals surface area contributed by atoms with Crippen LogP contribution in [0.25, 0.3) is 5.82 Å². The molecule has 27 heavy (non-hydrogen) atoms. The van der Waals surface area contributed by atoms with Gasteiger partial charge in [-0.15, -0.1) is 0 Å². The lowest BCUT2D eigenvalue weighted by Gasteiger charge is -2.10. The minimum Gasteiger partial charge on any atom is -0.497 e. The Morgan fingerprint density at radius 2 is 2.00 bits per heavy atom. The van der Waals surface area contributed by atoms with Crippen LogP contribution in [0.4, 0.5) is 5.82 Å². The lowest BCUT2D eigenvalue weighted by molar-refractivity contribution is 0.413. The maximum Gasteiger partial charge on any atom is 0.240 e. The maximum atomic E-state index is 12.3. The maximum absolute atomic E-state index is 12.3. The van der Waals surface area contributed by atoms with E-state index in [9.17, 15) is 8.42 Å². The van der Waals surface area contributed by atoms with E-state index in [4.69, 9.17) is 4.74 Å². The molecule has 0 bridgehead atoms. The summed E-state index contributed by atoms with van der Waals surface area (Å²) in [6.07, 6.45) is 4.94. The van der Waals surface area contributed by atoms with Crippen molar-refractivity contribution in [1.82, 2.24) is 24.2 Å². The average molecular weight is 388 g/mol. The van der Waals surface area contributed by atoms with E-state index >= 15 is 0 Å². The summed E-state index contributed by atoms with van der Waals surface area (Å²) in [7, 11) is -2.12. The number of benzene rings is 1. The van der Waals surface area contributed by atoms with Gasteiger partial charge in [0.15, 0.2) is 0 Å². The van der Waals surface area contributed by atoms with Crippen LogP contribution < -0.4 is 14.8 Å². The highest BCUT2D eigenvalue weighted by molar-refractivity contribution is 7.89. The molecule has 0 spiro atoms. The Bertz CT molecular complexity index is 1020. The van der Waals surface area contributed by atoms with Gasteiger partial charge in [0.2, 0.25) is 10.0 Å². The van der Waals surface area contributed by atoms with Crippen LogP contribution in [0.5, 0.6) is 5.75 Å². The van der Waals surface area contributed by atoms with Crippen molar-refractivity contribution < 1.29 is 13.2 Å². The molecule has 9 nitrogen and oxygen atoms in total. The predicted octanol–water partition coefficient (Wildman–Crippen LogP) is 1.37. The van der Waals surface area contributed by atoms with Crippen LogP contribution in [-0.2, 0) is 10.0 Å². The molecule has 10 heteroatoms. The molecule has 0 radical (unpaired) electrons. The first-order valence-corrected chi connectivity index (χ1v) is 9.68. The summed E-state index contributed by atoms with van der Waals surface area (Å²) in [5, 5.41) is 3.08. The van der Waals surface area contributed by atoms with Crippen molar-refractivity contribution in [3.63, 3.8) is 0 Å². The van der Waals surface area contributed by atoms with Gasteiger partial charge in [-0.1, -0.05) is 6.07 Å². The van der Waals surface area contributed by atoms with E-state index in [0.29, 0.717) is 23.9 Å². The zero-order chi connectivity index (χ0) is 19.3. The average Bonchev–Trinajstić information content (AvgIpc) is 3.11. The third-order valence-electron chi connectivity index (χ3n) is 3.80. The number of nitrogens with zero attached hydrogens (tertiary/aromatic N) is 4. The van der Waals surface area contributed by atoms with Gasteiger partial charge in [0.25, 0.3) is 0 Å². The number of hydrogen-bond donors (Lipinski definition) is 2. The van der Waals surface area contributed by atoms with E-state index in [1.165, 1.54) is 25.6 Å². The molecule has 3 aromatic rings. The Labute approximate surface area is 157 Å². The number of sulfonamides is 1. The van der Waals surface area contributed by atoms with E-state index in [1.54, 1.807) is 24.4 Å². The second-order valence-corrected chi connectivity index (χ2v) is 7.38. The van der Waals surface area contributed by atoms with Crippen LogP contribution in [0.3, 0.4) is 0 Å². The molecule has 0 saturated heterocycles. The number of anilines is 1. The summed E-state index contributed by atoms with van der Waals surface area (Å²) in [4.78, 5) is 12.7. The minimum atomic E-state index is -3.61. The Morgan fingerprint density at radius 1 is 1.15 bits per heavy atom. The second kappa shape index (κ2) is 8.14. The molecule has 1 aromatic carbocycles. The van der Waals surface area contributed by atoms with E-state index < -0.39 is 10.0 Å². The van der Waals surface area contributed by atoms with Crippen LogP contribution in [0.2, 0.25) is 0 Å². The molecule has 142 valence electrons. The standard InChI is InChI=1S/C17H20N6O3S/c1-13-18-8-9-23(13)17-11-16(20-12-21-17)19-6-7-22-27(24,25)15-5-3-4-14(10-15)26-2/h3-5,8-12,22H,6-7H2,1-2H3,(H,19,20,21). The Kier molecular flexibility index (Phi) is 5.67. The van der Waals surface area contributed by atoms with Gasteiger partial charge in [0, 0.05) is 37.6 Å². The summed E-state index contributed by atoms with van der Waals surface area (Å²) in [5.41, 5.74) is 0. The summed E-state index contributed by atoms with van der Waals surface area (Å²) in [6, 6.07) is 8.08. The predicted molar refractivity (Wildman–Crippen MR) is 101 cm³/mol. The first-order chi connectivity index (χ1) is 13.0. The van der Waals surface area contributed by atoms with E-state index in [-0.39, 0.29) is 11.4 Å². The van der Waals surface area contributed by atoms with Crippen LogP contribution in [0.15, 0.2) is 53.9 Å². The molecule has 0 aliphatic carbocycles. The molecule has 0 aliphatic rings. The SMILES string of the molecule is COc1cccc(S(=O)(=O)NCCNc2cc(-n3ccnc3C)ncn2)c1. The fourth-order valence-corrected chi connectivity index (χ4v) is 3.49. The third-order valence-corrected chi connectivity index (χ3v) is 5.26. The summed E-state index contributed by atoms with van der Waals surface area (Å²) >= 11 is 0. The number of aryl methyl sites for hydroxylation is 1. The molecule has 0 saturated carbocycles. The fraction of sp³-hybridized carbons (Fsp3) is 0.235. The highest BCUT2D eigenvalue weighted by Crippen LogP contribution is 2.16. The molecule has 2 N–H and O–H groups in total. The largest absolute Gasteiger partial charge is 0.497 e. The molecule has 2 aromatic heterocycles. The first-order valence-electron chi connectivity index (χ1n) is 8.19. The fourth-order valence-electron chi connectivity index (χ4n) is 2.42. The zero-order valence-corrected chi connectivity index (χ0v) is 15.8. The Morgan fingerprint density at radius 3 is 2.74 bits per heavy atom. The highest BCUT2D eigenvalue weighted by atomic mass is 32.2. The van der Waals surface area contributed by atoms with Gasteiger partial charge in [-0.05, 0) is 19.1 Å². The number of nitrogens with one attached hydrogen (secondary N) is 2. The zero-order valence-electron chi connectivity index (χ0n) is 15.0. The molecule has 2 heterocycles. The normalized spacial score (nSPS) is 11.3. The van der Waals surface area contributed by atoms with Gasteiger partial charge in [-0.25, -0.2) is 28.1 Å². The van der Waals surface area contributed by atoms with Crippen LogP contribution in [0, 0.1) is 6.92 Å². The molecular weight excluding hydrogens is 368 g/mol. The summed E-state index contributed by atoms with van der Waals surface area (Å²) in [5.74, 6) is 2.57. The second-order valence-electron chi connectivity index (χ2n) is 5.61. The van der Waals surface area contributed by atoms with Crippen molar-refractivity contribution in [3.8, 4) is 11.6 Å². The topological polar surface area (TPSA) is 111 Å². The van der Waals surface area contributed by atoms with Gasteiger partial charge < -0.3 is 10.1 Å². The van der Waals surface area contributed by atoms with Gasteiger partial charge in [-0.3, -0.25) is 4.57 Å². The number of rotatable bonds is 8. The molecule has 0 amide bonds. The van der Waals surface area contributed by atoms with E-state index in [2.05, 4.69) is 25.0 Å². The van der Waals surface area contributed by atoms with Crippen molar-refractivity contribution in [2.75, 3.05) is 25.5 Å². The number of imidazole rings is 1. The lowest BCUT2D eigenvalue weighted by atomic mass is 10.3. The number of methoxy groups -OCH3 is 1. The van der Waals surface area contributed by atoms with Crippen molar-refractivity contribution in [2.45, 2.75) is 11.8 Å². The van der Waals surface area contributed by atoms with Gasteiger partial charge >= 0.3 is 0 Å². The Hall–Kier alpha value is -2.98. The quantitative estimate of drug-likeness (QED) is 0.561. The number of hydrogen-bond acceptors (Lipinski definition) is 7. The van der Waals surface area contributed by atoms with Crippen molar-refractivity contribution >= 4 is 15.8 Å². The number of aromatic nitrogens is 4. The molecule has 0 unspecified atom stereocenters. The van der Waals surface area contributed by atoms with E-state index in [1.807, 2.05) is 17.7 Å². The summed E-state index contributed by atoms with van der Waals surface area (Å²) in [6.45, 7) is 2.44. The van der Waals surface area contributed by atoms with Crippen LogP contribution in [0.1, 0.15) is 5.82 Å². The Balaban J connectivity index is 1.58. The van der Waals surface area contributed by atoms with Crippen molar-refractivity contribution in [2.24, 2.45) is 0 Å². The molecule has 3 rings (SSSR count). The molecule has 0 aliphatic heterocycles. The van der Waals surface area contributed by atoms with E-state index in [0.717, 1.165) is 5.82 Å². The van der Waals surface area contributed by atoms with Crippen LogP contribution >= 0.6 is 0 Å². The molecule has 0 atom stereocenters. The van der Waals surface area contributed by atoms with Gasteiger partial charge in [0.1, 0.15) is 29.5 Å². The van der Waals surface area contributed by atoms with Crippen molar-refractivity contribution in [1.29, 1.82) is 0 Å². The molecular formula is C17H20N6O3S. The van der Waals surface area contributed by atoms with Gasteiger partial charge in [-0.2, -0.15) is 0 Å². The summed E-state index contributed by atoms with van der Waals surface area (Å²) < 4.78 is 34.1. The lowest BCUT2D eigenvalue weighted by Crippen LogP contribution is -2.29. The smallest absolute Gasteiger partial charge is 0.240 e. The highest BCUT2D eigenvalue weighted by Gasteiger charge is 2.14. The van der Waals surface area contributed by atoms with Gasteiger partial charge in [0.05, 0.1) is 12.0 Å². The van der Waals surface area contributed by atoms with Crippen molar-refractivity contribution in [3.05, 3.63) is 54.9 Å². The minimum absolute atomic E-state index is 0.154. The molecule has 0 fully saturated rings.